The number of piperidine rings is 1. The maximum atomic E-state index is 13.2. The Labute approximate surface area is 223 Å². The minimum Gasteiger partial charge on any atom is -0.361 e. The molecule has 0 N–H and O–H groups in total. The first-order valence-corrected chi connectivity index (χ1v) is 14.7. The van der Waals surface area contributed by atoms with Gasteiger partial charge in [0.05, 0.1) is 35.1 Å². The minimum absolute atomic E-state index is 0.00782. The molecule has 9 nitrogen and oxygen atoms in total. The number of rotatable bonds is 7. The van der Waals surface area contributed by atoms with Crippen molar-refractivity contribution in [3.05, 3.63) is 72.6 Å². The zero-order valence-corrected chi connectivity index (χ0v) is 22.9. The maximum Gasteiger partial charge on any atom is 0.227 e. The molecule has 10 heteroatoms. The molecule has 38 heavy (non-hydrogen) atoms. The molecule has 2 atom stereocenters. The first kappa shape index (κ1) is 26.1. The lowest BCUT2D eigenvalue weighted by Gasteiger charge is -2.36. The average Bonchev–Trinajstić information content (AvgIpc) is 3.59. The van der Waals surface area contributed by atoms with Gasteiger partial charge < -0.3 is 14.0 Å². The van der Waals surface area contributed by atoms with E-state index in [0.29, 0.717) is 31.6 Å². The van der Waals surface area contributed by atoms with E-state index in [1.165, 1.54) is 10.6 Å². The number of allylic oxidation sites excluding steroid dienone is 3. The first-order chi connectivity index (χ1) is 18.1. The molecule has 5 rings (SSSR count). The van der Waals surface area contributed by atoms with Gasteiger partial charge in [-0.3, -0.25) is 4.79 Å². The predicted molar refractivity (Wildman–Crippen MR) is 147 cm³/mol. The highest BCUT2D eigenvalue weighted by molar-refractivity contribution is 7.88. The smallest absolute Gasteiger partial charge is 0.227 e. The molecule has 0 spiro atoms. The number of carbonyl (C=O) groups excluding carboxylic acids is 1. The van der Waals surface area contributed by atoms with Gasteiger partial charge in [-0.05, 0) is 63.0 Å². The molecule has 0 radical (unpaired) electrons. The van der Waals surface area contributed by atoms with Crippen molar-refractivity contribution in [2.45, 2.75) is 51.6 Å². The third-order valence-electron chi connectivity index (χ3n) is 7.52. The van der Waals surface area contributed by atoms with Gasteiger partial charge in [-0.2, -0.15) is 0 Å². The highest BCUT2D eigenvalue weighted by Crippen LogP contribution is 2.40. The number of imidazole rings is 1. The van der Waals surface area contributed by atoms with E-state index in [9.17, 15) is 13.2 Å². The summed E-state index contributed by atoms with van der Waals surface area (Å²) in [6.07, 6.45) is 8.93. The van der Waals surface area contributed by atoms with Crippen LogP contribution < -0.4 is 0 Å². The molecule has 2 aliphatic rings. The van der Waals surface area contributed by atoms with Crippen molar-refractivity contribution in [1.82, 2.24) is 23.9 Å². The fourth-order valence-electron chi connectivity index (χ4n) is 5.82. The number of sulfonamides is 1. The van der Waals surface area contributed by atoms with E-state index in [1.807, 2.05) is 32.0 Å². The first-order valence-electron chi connectivity index (χ1n) is 12.8. The summed E-state index contributed by atoms with van der Waals surface area (Å²) < 4.78 is 33.7. The minimum atomic E-state index is -3.32. The van der Waals surface area contributed by atoms with E-state index >= 15 is 0 Å². The van der Waals surface area contributed by atoms with Crippen molar-refractivity contribution in [1.29, 1.82) is 0 Å². The van der Waals surface area contributed by atoms with E-state index in [0.717, 1.165) is 52.3 Å². The summed E-state index contributed by atoms with van der Waals surface area (Å²) in [5, 5.41) is 4.10. The molecule has 3 aromatic rings. The van der Waals surface area contributed by atoms with Crippen LogP contribution >= 0.6 is 0 Å². The summed E-state index contributed by atoms with van der Waals surface area (Å²) in [4.78, 5) is 20.1. The molecule has 0 bridgehead atoms. The number of amides is 1. The Morgan fingerprint density at radius 3 is 2.63 bits per heavy atom. The van der Waals surface area contributed by atoms with Crippen LogP contribution in [0.3, 0.4) is 0 Å². The third-order valence-corrected chi connectivity index (χ3v) is 8.79. The number of carbonyl (C=O) groups is 1. The zero-order chi connectivity index (χ0) is 27.2. The molecular weight excluding hydrogens is 502 g/mol. The van der Waals surface area contributed by atoms with E-state index in [1.54, 1.807) is 23.1 Å². The second-order valence-electron chi connectivity index (χ2n) is 10.0. The summed E-state index contributed by atoms with van der Waals surface area (Å²) in [5.74, 6) is 1.49. The van der Waals surface area contributed by atoms with Crippen LogP contribution in [-0.4, -0.2) is 57.6 Å². The molecule has 0 saturated carbocycles. The van der Waals surface area contributed by atoms with Crippen LogP contribution in [0.25, 0.3) is 22.2 Å². The molecule has 0 aliphatic carbocycles. The van der Waals surface area contributed by atoms with E-state index in [2.05, 4.69) is 22.9 Å². The number of hydrogen-bond donors (Lipinski definition) is 0. The van der Waals surface area contributed by atoms with E-state index in [-0.39, 0.29) is 18.0 Å². The molecule has 2 saturated heterocycles. The Balaban J connectivity index is 1.70. The number of aromatic nitrogens is 3. The van der Waals surface area contributed by atoms with Crippen molar-refractivity contribution in [2.75, 3.05) is 19.3 Å². The Morgan fingerprint density at radius 1 is 1.21 bits per heavy atom. The van der Waals surface area contributed by atoms with Gasteiger partial charge >= 0.3 is 0 Å². The van der Waals surface area contributed by atoms with Crippen molar-refractivity contribution in [2.24, 2.45) is 0 Å². The van der Waals surface area contributed by atoms with Gasteiger partial charge in [-0.15, -0.1) is 0 Å². The van der Waals surface area contributed by atoms with Crippen molar-refractivity contribution in [3.8, 4) is 11.1 Å². The third kappa shape index (κ3) is 4.52. The standard InChI is InChI=1S/C28H33N5O4S/c1-6-9-21(7-2)32-25(10-8-11-26(32)34)28-29-23-16-20(27-18(3)30-37-19(27)4)12-13-24(23)33(28)22-14-15-31(17-22)38(5,35)36/h6-7,9,12-13,16,22,25H,1-2,8,10-11,14-15,17H2,3-5H3/b21-9+/t22-,25+/m1/s1. The van der Waals surface area contributed by atoms with Crippen molar-refractivity contribution >= 4 is 27.0 Å². The van der Waals surface area contributed by atoms with Crippen LogP contribution in [0.15, 0.2) is 59.8 Å². The SMILES string of the molecule is C=C/C=C(\C=C)N1C(=O)CCC[C@H]1c1nc2cc(-c3c(C)noc3C)ccc2n1[C@@H]1CCN(S(C)(=O)=O)C1. The van der Waals surface area contributed by atoms with E-state index in [4.69, 9.17) is 9.51 Å². The fraction of sp³-hybridized carbons (Fsp3) is 0.393. The van der Waals surface area contributed by atoms with Crippen molar-refractivity contribution in [3.63, 3.8) is 0 Å². The Hall–Kier alpha value is -3.50. The Morgan fingerprint density at radius 2 is 2.00 bits per heavy atom. The lowest BCUT2D eigenvalue weighted by Crippen LogP contribution is -2.39. The molecule has 0 unspecified atom stereocenters. The topological polar surface area (TPSA) is 102 Å². The molecular formula is C28H33N5O4S. The monoisotopic (exact) mass is 535 g/mol. The quantitative estimate of drug-likeness (QED) is 0.402. The van der Waals surface area contributed by atoms with Gasteiger partial charge in [0.15, 0.2) is 0 Å². The van der Waals surface area contributed by atoms with Crippen LogP contribution in [0.2, 0.25) is 0 Å². The maximum absolute atomic E-state index is 13.2. The Bertz CT molecular complexity index is 1550. The molecule has 1 aromatic carbocycles. The largest absolute Gasteiger partial charge is 0.361 e. The second-order valence-corrected chi connectivity index (χ2v) is 12.0. The highest BCUT2D eigenvalue weighted by atomic mass is 32.2. The number of nitrogens with zero attached hydrogens (tertiary/aromatic N) is 5. The van der Waals surface area contributed by atoms with Crippen LogP contribution in [0.4, 0.5) is 0 Å². The summed E-state index contributed by atoms with van der Waals surface area (Å²) in [5.41, 5.74) is 5.04. The van der Waals surface area contributed by atoms with Gasteiger partial charge in [0.25, 0.3) is 0 Å². The van der Waals surface area contributed by atoms with Gasteiger partial charge in [-0.25, -0.2) is 17.7 Å². The molecule has 4 heterocycles. The predicted octanol–water partition coefficient (Wildman–Crippen LogP) is 4.82. The molecule has 200 valence electrons. The number of benzene rings is 1. The van der Waals surface area contributed by atoms with Gasteiger partial charge in [0.1, 0.15) is 11.6 Å². The van der Waals surface area contributed by atoms with Crippen molar-refractivity contribution < 1.29 is 17.7 Å². The fourth-order valence-corrected chi connectivity index (χ4v) is 6.70. The molecule has 1 amide bonds. The lowest BCUT2D eigenvalue weighted by molar-refractivity contribution is -0.134. The van der Waals surface area contributed by atoms with Crippen LogP contribution in [0.5, 0.6) is 0 Å². The lowest BCUT2D eigenvalue weighted by atomic mass is 9.99. The number of likely N-dealkylation sites (tertiary alicyclic amines) is 1. The summed E-state index contributed by atoms with van der Waals surface area (Å²) >= 11 is 0. The van der Waals surface area contributed by atoms with E-state index < -0.39 is 10.0 Å². The summed E-state index contributed by atoms with van der Waals surface area (Å²) in [7, 11) is -3.32. The second kappa shape index (κ2) is 9.99. The van der Waals surface area contributed by atoms with Crippen LogP contribution in [0.1, 0.15) is 55.0 Å². The summed E-state index contributed by atoms with van der Waals surface area (Å²) in [6, 6.07) is 5.65. The summed E-state index contributed by atoms with van der Waals surface area (Å²) in [6.45, 7) is 12.3. The average molecular weight is 536 g/mol. The Kier molecular flexibility index (Phi) is 6.87. The van der Waals surface area contributed by atoms with Crippen LogP contribution in [0, 0.1) is 13.8 Å². The molecule has 2 fully saturated rings. The number of hydrogen-bond acceptors (Lipinski definition) is 6. The highest BCUT2D eigenvalue weighted by Gasteiger charge is 2.38. The number of fused-ring (bicyclic) bond motifs is 1. The normalized spacial score (nSPS) is 21.4. The van der Waals surface area contributed by atoms with Crippen LogP contribution in [-0.2, 0) is 14.8 Å². The molecule has 2 aliphatic heterocycles. The number of aryl methyl sites for hydroxylation is 2. The van der Waals surface area contributed by atoms with Gasteiger partial charge in [0.2, 0.25) is 15.9 Å². The van der Waals surface area contributed by atoms with Gasteiger partial charge in [-0.1, -0.05) is 30.5 Å². The molecule has 2 aromatic heterocycles. The van der Waals surface area contributed by atoms with Gasteiger partial charge in [0, 0.05) is 30.8 Å². The zero-order valence-electron chi connectivity index (χ0n) is 22.1.